The van der Waals surface area contributed by atoms with Crippen molar-refractivity contribution in [3.63, 3.8) is 0 Å². The van der Waals surface area contributed by atoms with Crippen LogP contribution in [0.5, 0.6) is 0 Å². The highest BCUT2D eigenvalue weighted by molar-refractivity contribution is 4.65. The Labute approximate surface area is 81.2 Å². The Morgan fingerprint density at radius 2 is 2.31 bits per heavy atom. The summed E-state index contributed by atoms with van der Waals surface area (Å²) >= 11 is 0. The first-order chi connectivity index (χ1) is 6.43. The van der Waals surface area contributed by atoms with Crippen molar-refractivity contribution < 1.29 is 4.74 Å². The molecule has 1 aliphatic heterocycles. The van der Waals surface area contributed by atoms with E-state index in [1.807, 2.05) is 7.05 Å². The molecule has 1 unspecified atom stereocenters. The van der Waals surface area contributed by atoms with Crippen LogP contribution in [0.3, 0.4) is 0 Å². The van der Waals surface area contributed by atoms with Gasteiger partial charge < -0.3 is 15.4 Å². The second-order valence-corrected chi connectivity index (χ2v) is 3.74. The fourth-order valence-corrected chi connectivity index (χ4v) is 1.66. The van der Waals surface area contributed by atoms with Gasteiger partial charge in [0.1, 0.15) is 0 Å². The monoisotopic (exact) mass is 186 g/mol. The molecule has 0 bridgehead atoms. The summed E-state index contributed by atoms with van der Waals surface area (Å²) < 4.78 is 5.41. The Morgan fingerprint density at radius 3 is 3.00 bits per heavy atom. The van der Waals surface area contributed by atoms with Crippen molar-refractivity contribution in [2.75, 3.05) is 39.9 Å². The third kappa shape index (κ3) is 5.24. The van der Waals surface area contributed by atoms with Crippen LogP contribution in [-0.4, -0.2) is 39.9 Å². The standard InChI is InChI=1S/C10H22N2O/c1-11-5-3-6-12-8-10-4-2-7-13-9-10/h10-12H,2-9H2,1H3. The molecule has 1 atom stereocenters. The Kier molecular flexibility index (Phi) is 6.15. The van der Waals surface area contributed by atoms with E-state index in [0.29, 0.717) is 0 Å². The molecular formula is C10H22N2O. The van der Waals surface area contributed by atoms with Crippen LogP contribution >= 0.6 is 0 Å². The molecule has 0 aromatic carbocycles. The molecule has 0 aromatic heterocycles. The number of rotatable bonds is 6. The van der Waals surface area contributed by atoms with Gasteiger partial charge in [-0.1, -0.05) is 0 Å². The van der Waals surface area contributed by atoms with Crippen LogP contribution < -0.4 is 10.6 Å². The summed E-state index contributed by atoms with van der Waals surface area (Å²) in [5.41, 5.74) is 0. The van der Waals surface area contributed by atoms with E-state index in [2.05, 4.69) is 10.6 Å². The average Bonchev–Trinajstić information content (AvgIpc) is 2.19. The van der Waals surface area contributed by atoms with E-state index in [9.17, 15) is 0 Å². The van der Waals surface area contributed by atoms with Gasteiger partial charge in [-0.05, 0) is 45.3 Å². The molecular weight excluding hydrogens is 164 g/mol. The molecule has 0 aliphatic carbocycles. The molecule has 0 aromatic rings. The van der Waals surface area contributed by atoms with Gasteiger partial charge in [-0.15, -0.1) is 0 Å². The molecule has 1 fully saturated rings. The molecule has 13 heavy (non-hydrogen) atoms. The van der Waals surface area contributed by atoms with Gasteiger partial charge in [-0.2, -0.15) is 0 Å². The number of hydrogen-bond acceptors (Lipinski definition) is 3. The summed E-state index contributed by atoms with van der Waals surface area (Å²) in [6.45, 7) is 5.28. The topological polar surface area (TPSA) is 33.3 Å². The highest BCUT2D eigenvalue weighted by atomic mass is 16.5. The lowest BCUT2D eigenvalue weighted by molar-refractivity contribution is 0.0549. The van der Waals surface area contributed by atoms with Gasteiger partial charge in [0.25, 0.3) is 0 Å². The average molecular weight is 186 g/mol. The summed E-state index contributed by atoms with van der Waals surface area (Å²) in [7, 11) is 2.00. The molecule has 3 nitrogen and oxygen atoms in total. The minimum absolute atomic E-state index is 0.753. The molecule has 1 saturated heterocycles. The predicted molar refractivity (Wildman–Crippen MR) is 55.0 cm³/mol. The zero-order valence-electron chi connectivity index (χ0n) is 8.64. The van der Waals surface area contributed by atoms with E-state index in [1.165, 1.54) is 19.3 Å². The summed E-state index contributed by atoms with van der Waals surface area (Å²) in [5.74, 6) is 0.753. The number of ether oxygens (including phenoxy) is 1. The Balaban J connectivity index is 1.86. The lowest BCUT2D eigenvalue weighted by Gasteiger charge is -2.22. The van der Waals surface area contributed by atoms with E-state index in [-0.39, 0.29) is 0 Å². The van der Waals surface area contributed by atoms with Gasteiger partial charge in [0.2, 0.25) is 0 Å². The molecule has 78 valence electrons. The summed E-state index contributed by atoms with van der Waals surface area (Å²) in [5, 5.41) is 6.61. The third-order valence-corrected chi connectivity index (χ3v) is 2.47. The Morgan fingerprint density at radius 1 is 1.38 bits per heavy atom. The van der Waals surface area contributed by atoms with Crippen molar-refractivity contribution in [2.24, 2.45) is 5.92 Å². The van der Waals surface area contributed by atoms with Crippen molar-refractivity contribution in [3.8, 4) is 0 Å². The maximum atomic E-state index is 5.41. The van der Waals surface area contributed by atoms with Crippen LogP contribution in [0.4, 0.5) is 0 Å². The lowest BCUT2D eigenvalue weighted by atomic mass is 10.0. The van der Waals surface area contributed by atoms with Crippen molar-refractivity contribution >= 4 is 0 Å². The highest BCUT2D eigenvalue weighted by Gasteiger charge is 2.12. The van der Waals surface area contributed by atoms with Crippen molar-refractivity contribution in [1.82, 2.24) is 10.6 Å². The first-order valence-corrected chi connectivity index (χ1v) is 5.36. The van der Waals surface area contributed by atoms with Crippen LogP contribution in [0.15, 0.2) is 0 Å². The quantitative estimate of drug-likeness (QED) is 0.596. The first kappa shape index (κ1) is 11.0. The number of nitrogens with one attached hydrogen (secondary N) is 2. The second kappa shape index (κ2) is 7.30. The van der Waals surface area contributed by atoms with E-state index in [0.717, 1.165) is 38.8 Å². The maximum Gasteiger partial charge on any atom is 0.0506 e. The fourth-order valence-electron chi connectivity index (χ4n) is 1.66. The summed E-state index contributed by atoms with van der Waals surface area (Å²) in [4.78, 5) is 0. The van der Waals surface area contributed by atoms with Crippen LogP contribution in [0.1, 0.15) is 19.3 Å². The van der Waals surface area contributed by atoms with Gasteiger partial charge >= 0.3 is 0 Å². The van der Waals surface area contributed by atoms with E-state index >= 15 is 0 Å². The smallest absolute Gasteiger partial charge is 0.0506 e. The molecule has 2 N–H and O–H groups in total. The molecule has 1 rings (SSSR count). The molecule has 0 spiro atoms. The summed E-state index contributed by atoms with van der Waals surface area (Å²) in [6, 6.07) is 0. The van der Waals surface area contributed by atoms with E-state index in [4.69, 9.17) is 4.74 Å². The molecule has 1 aliphatic rings. The zero-order valence-corrected chi connectivity index (χ0v) is 8.64. The van der Waals surface area contributed by atoms with Crippen LogP contribution in [-0.2, 0) is 4.74 Å². The van der Waals surface area contributed by atoms with Crippen LogP contribution in [0.2, 0.25) is 0 Å². The van der Waals surface area contributed by atoms with Gasteiger partial charge in [-0.3, -0.25) is 0 Å². The minimum atomic E-state index is 0.753. The van der Waals surface area contributed by atoms with Crippen LogP contribution in [0, 0.1) is 5.92 Å². The third-order valence-electron chi connectivity index (χ3n) is 2.47. The van der Waals surface area contributed by atoms with Crippen molar-refractivity contribution in [1.29, 1.82) is 0 Å². The Hall–Kier alpha value is -0.120. The molecule has 3 heteroatoms. The SMILES string of the molecule is CNCCCNCC1CCCOC1. The van der Waals surface area contributed by atoms with Crippen LogP contribution in [0.25, 0.3) is 0 Å². The zero-order chi connectivity index (χ0) is 9.36. The second-order valence-electron chi connectivity index (χ2n) is 3.74. The lowest BCUT2D eigenvalue weighted by Crippen LogP contribution is -2.30. The van der Waals surface area contributed by atoms with Gasteiger partial charge in [0.15, 0.2) is 0 Å². The number of hydrogen-bond donors (Lipinski definition) is 2. The molecule has 1 heterocycles. The Bertz CT molecular complexity index is 113. The molecule has 0 radical (unpaired) electrons. The van der Waals surface area contributed by atoms with Gasteiger partial charge in [-0.25, -0.2) is 0 Å². The molecule has 0 amide bonds. The first-order valence-electron chi connectivity index (χ1n) is 5.36. The van der Waals surface area contributed by atoms with Gasteiger partial charge in [0, 0.05) is 13.2 Å². The van der Waals surface area contributed by atoms with Gasteiger partial charge in [0.05, 0.1) is 6.61 Å². The minimum Gasteiger partial charge on any atom is -0.381 e. The highest BCUT2D eigenvalue weighted by Crippen LogP contribution is 2.11. The van der Waals surface area contributed by atoms with E-state index in [1.54, 1.807) is 0 Å². The normalized spacial score (nSPS) is 23.3. The summed E-state index contributed by atoms with van der Waals surface area (Å²) in [6.07, 6.45) is 3.78. The largest absolute Gasteiger partial charge is 0.381 e. The predicted octanol–water partition coefficient (Wildman–Crippen LogP) is 0.612. The van der Waals surface area contributed by atoms with Crippen molar-refractivity contribution in [3.05, 3.63) is 0 Å². The van der Waals surface area contributed by atoms with Crippen molar-refractivity contribution in [2.45, 2.75) is 19.3 Å². The molecule has 0 saturated carbocycles. The van der Waals surface area contributed by atoms with E-state index < -0.39 is 0 Å². The maximum absolute atomic E-state index is 5.41. The fraction of sp³-hybridized carbons (Fsp3) is 1.00.